The van der Waals surface area contributed by atoms with Gasteiger partial charge in [0, 0.05) is 18.6 Å². The molecule has 2 fully saturated rings. The van der Waals surface area contributed by atoms with E-state index in [1.165, 1.54) is 25.7 Å². The summed E-state index contributed by atoms with van der Waals surface area (Å²) in [6.07, 6.45) is 6.21. The molecule has 0 heterocycles. The Labute approximate surface area is 119 Å². The molecular weight excluding hydrogens is 236 g/mol. The maximum atomic E-state index is 10.4. The Hall–Kier alpha value is -0.120. The first-order valence-electron chi connectivity index (χ1n) is 7.81. The zero-order valence-electron chi connectivity index (χ0n) is 13.4. The molecule has 2 rings (SSSR count). The molecule has 0 spiro atoms. The lowest BCUT2D eigenvalue weighted by molar-refractivity contribution is 0.00458. The van der Waals surface area contributed by atoms with Crippen molar-refractivity contribution in [3.63, 3.8) is 0 Å². The lowest BCUT2D eigenvalue weighted by Gasteiger charge is -2.49. The smallest absolute Gasteiger partial charge is 0.0631 e. The van der Waals surface area contributed by atoms with E-state index in [2.05, 4.69) is 44.8 Å². The molecule has 2 unspecified atom stereocenters. The number of aliphatic hydroxyl groups excluding tert-OH is 1. The van der Waals surface area contributed by atoms with Crippen LogP contribution in [0.5, 0.6) is 0 Å². The van der Waals surface area contributed by atoms with Gasteiger partial charge in [-0.2, -0.15) is 0 Å². The second-order valence-electron chi connectivity index (χ2n) is 7.90. The number of aliphatic hydroxyl groups is 1. The summed E-state index contributed by atoms with van der Waals surface area (Å²) in [4.78, 5) is 4.86. The lowest BCUT2D eigenvalue weighted by atomic mass is 9.75. The zero-order valence-corrected chi connectivity index (χ0v) is 13.4. The quantitative estimate of drug-likeness (QED) is 0.828. The summed E-state index contributed by atoms with van der Waals surface area (Å²) in [6.45, 7) is 6.58. The molecule has 0 aromatic rings. The molecule has 3 heteroatoms. The molecule has 3 nitrogen and oxygen atoms in total. The highest BCUT2D eigenvalue weighted by Gasteiger charge is 2.43. The van der Waals surface area contributed by atoms with E-state index >= 15 is 0 Å². The Balaban J connectivity index is 1.87. The van der Waals surface area contributed by atoms with Gasteiger partial charge in [0.1, 0.15) is 0 Å². The maximum Gasteiger partial charge on any atom is 0.0631 e. The molecule has 2 saturated carbocycles. The number of hydrogen-bond donors (Lipinski definition) is 1. The first-order chi connectivity index (χ1) is 8.77. The number of hydrogen-bond acceptors (Lipinski definition) is 3. The van der Waals surface area contributed by atoms with Crippen molar-refractivity contribution in [3.8, 4) is 0 Å². The van der Waals surface area contributed by atoms with Crippen molar-refractivity contribution in [2.24, 2.45) is 11.3 Å². The molecule has 0 aromatic carbocycles. The fraction of sp³-hybridized carbons (Fsp3) is 1.00. The Morgan fingerprint density at radius 3 is 2.11 bits per heavy atom. The van der Waals surface area contributed by atoms with Gasteiger partial charge in [-0.3, -0.25) is 0 Å². The average molecular weight is 268 g/mol. The van der Waals surface area contributed by atoms with Crippen LogP contribution in [0.25, 0.3) is 0 Å². The second-order valence-corrected chi connectivity index (χ2v) is 7.90. The van der Waals surface area contributed by atoms with Gasteiger partial charge in [-0.15, -0.1) is 0 Å². The van der Waals surface area contributed by atoms with Gasteiger partial charge >= 0.3 is 0 Å². The van der Waals surface area contributed by atoms with Crippen LogP contribution in [0.15, 0.2) is 0 Å². The van der Waals surface area contributed by atoms with Crippen LogP contribution >= 0.6 is 0 Å². The molecule has 2 aliphatic carbocycles. The third-order valence-electron chi connectivity index (χ3n) is 5.75. The minimum absolute atomic E-state index is 0.112. The molecule has 0 radical (unpaired) electrons. The highest BCUT2D eigenvalue weighted by Crippen LogP contribution is 2.42. The van der Waals surface area contributed by atoms with Gasteiger partial charge in [0.2, 0.25) is 0 Å². The van der Waals surface area contributed by atoms with Crippen molar-refractivity contribution in [2.45, 2.75) is 57.6 Å². The lowest BCUT2D eigenvalue weighted by Crippen LogP contribution is -2.57. The van der Waals surface area contributed by atoms with E-state index in [0.717, 1.165) is 19.5 Å². The molecule has 2 aliphatic rings. The second kappa shape index (κ2) is 5.34. The zero-order chi connectivity index (χ0) is 14.3. The molecule has 112 valence electrons. The van der Waals surface area contributed by atoms with Crippen LogP contribution in [0.1, 0.15) is 46.0 Å². The molecule has 19 heavy (non-hydrogen) atoms. The van der Waals surface area contributed by atoms with E-state index in [9.17, 15) is 5.11 Å². The van der Waals surface area contributed by atoms with E-state index in [-0.39, 0.29) is 11.5 Å². The predicted octanol–water partition coefficient (Wildman–Crippen LogP) is 2.20. The van der Waals surface area contributed by atoms with Crippen molar-refractivity contribution < 1.29 is 5.11 Å². The normalized spacial score (nSPS) is 32.8. The van der Waals surface area contributed by atoms with Crippen LogP contribution in [0, 0.1) is 11.3 Å². The van der Waals surface area contributed by atoms with Crippen LogP contribution < -0.4 is 0 Å². The number of rotatable bonds is 5. The van der Waals surface area contributed by atoms with E-state index in [0.29, 0.717) is 11.5 Å². The topological polar surface area (TPSA) is 26.7 Å². The highest BCUT2D eigenvalue weighted by atomic mass is 16.3. The van der Waals surface area contributed by atoms with Gasteiger partial charge in [0.25, 0.3) is 0 Å². The van der Waals surface area contributed by atoms with Gasteiger partial charge < -0.3 is 14.9 Å². The van der Waals surface area contributed by atoms with E-state index in [1.54, 1.807) is 0 Å². The molecule has 1 N–H and O–H groups in total. The van der Waals surface area contributed by atoms with Crippen LogP contribution in [0.3, 0.4) is 0 Å². The first-order valence-corrected chi connectivity index (χ1v) is 7.81. The van der Waals surface area contributed by atoms with Crippen molar-refractivity contribution in [3.05, 3.63) is 0 Å². The van der Waals surface area contributed by atoms with Gasteiger partial charge in [-0.05, 0) is 64.6 Å². The molecule has 2 atom stereocenters. The summed E-state index contributed by atoms with van der Waals surface area (Å²) in [6, 6.07) is 0. The largest absolute Gasteiger partial charge is 0.392 e. The summed E-state index contributed by atoms with van der Waals surface area (Å²) in [5, 5.41) is 10.4. The van der Waals surface area contributed by atoms with E-state index < -0.39 is 0 Å². The van der Waals surface area contributed by atoms with Gasteiger partial charge in [-0.25, -0.2) is 0 Å². The summed E-state index contributed by atoms with van der Waals surface area (Å²) in [5.74, 6) is 0.458. The van der Waals surface area contributed by atoms with Gasteiger partial charge in [0.15, 0.2) is 0 Å². The molecule has 0 saturated heterocycles. The molecule has 0 bridgehead atoms. The van der Waals surface area contributed by atoms with Crippen LogP contribution in [0.4, 0.5) is 0 Å². The van der Waals surface area contributed by atoms with Crippen molar-refractivity contribution in [2.75, 3.05) is 34.2 Å². The van der Waals surface area contributed by atoms with Crippen LogP contribution in [0.2, 0.25) is 0 Å². The van der Waals surface area contributed by atoms with Gasteiger partial charge in [-0.1, -0.05) is 13.8 Å². The summed E-state index contributed by atoms with van der Waals surface area (Å²) in [5.41, 5.74) is 0.509. The van der Waals surface area contributed by atoms with E-state index in [1.807, 2.05) is 0 Å². The Bertz CT molecular complexity index is 310. The summed E-state index contributed by atoms with van der Waals surface area (Å²) >= 11 is 0. The first kappa shape index (κ1) is 15.3. The standard InChI is InChI=1S/C16H32N2O/c1-15(2)10-7-13(14(15)19)11-18(5)12-16(17(3)4)8-6-9-16/h13-14,19H,6-12H2,1-5H3. The summed E-state index contributed by atoms with van der Waals surface area (Å²) in [7, 11) is 6.64. The average Bonchev–Trinajstić information content (AvgIpc) is 2.50. The molecule has 0 aromatic heterocycles. The molecule has 0 amide bonds. The van der Waals surface area contributed by atoms with E-state index in [4.69, 9.17) is 0 Å². The van der Waals surface area contributed by atoms with Gasteiger partial charge in [0.05, 0.1) is 6.10 Å². The Morgan fingerprint density at radius 1 is 1.11 bits per heavy atom. The third-order valence-corrected chi connectivity index (χ3v) is 5.75. The predicted molar refractivity (Wildman–Crippen MR) is 80.3 cm³/mol. The molecule has 0 aliphatic heterocycles. The molecular formula is C16H32N2O. The van der Waals surface area contributed by atoms with Crippen LogP contribution in [-0.2, 0) is 0 Å². The Morgan fingerprint density at radius 2 is 1.74 bits per heavy atom. The third kappa shape index (κ3) is 2.98. The SMILES string of the molecule is CN(CC1CCC(C)(C)C1O)CC1(N(C)C)CCC1. The maximum absolute atomic E-state index is 10.4. The van der Waals surface area contributed by atoms with Crippen LogP contribution in [-0.4, -0.2) is 60.8 Å². The van der Waals surface area contributed by atoms with Crippen molar-refractivity contribution in [1.82, 2.24) is 9.80 Å². The summed E-state index contributed by atoms with van der Waals surface area (Å²) < 4.78 is 0. The Kier molecular flexibility index (Phi) is 4.29. The minimum atomic E-state index is -0.133. The number of nitrogens with zero attached hydrogens (tertiary/aromatic N) is 2. The van der Waals surface area contributed by atoms with Crippen molar-refractivity contribution in [1.29, 1.82) is 0 Å². The highest BCUT2D eigenvalue weighted by molar-refractivity contribution is 4.99. The fourth-order valence-electron chi connectivity index (χ4n) is 3.99. The van der Waals surface area contributed by atoms with Crippen molar-refractivity contribution >= 4 is 0 Å². The fourth-order valence-corrected chi connectivity index (χ4v) is 3.99. The minimum Gasteiger partial charge on any atom is -0.392 e. The number of likely N-dealkylation sites (N-methyl/N-ethyl adjacent to an activating group) is 2. The monoisotopic (exact) mass is 268 g/mol.